The number of rotatable bonds is 2. The van der Waals surface area contributed by atoms with Crippen molar-refractivity contribution < 1.29 is 0 Å². The molecule has 84 valence electrons. The summed E-state index contributed by atoms with van der Waals surface area (Å²) >= 11 is 0. The molecule has 1 aromatic rings. The molecule has 1 heterocycles. The van der Waals surface area contributed by atoms with Crippen molar-refractivity contribution in [2.24, 2.45) is 5.73 Å². The molecule has 0 spiro atoms. The average Bonchev–Trinajstić information content (AvgIpc) is 2.61. The van der Waals surface area contributed by atoms with Crippen LogP contribution in [0.5, 0.6) is 0 Å². The predicted molar refractivity (Wildman–Crippen MR) is 59.4 cm³/mol. The first kappa shape index (κ1) is 10.6. The number of hydrogen-bond acceptors (Lipinski definition) is 3. The Morgan fingerprint density at radius 2 is 1.93 bits per heavy atom. The van der Waals surface area contributed by atoms with E-state index in [0.29, 0.717) is 0 Å². The van der Waals surface area contributed by atoms with Crippen molar-refractivity contribution in [2.45, 2.75) is 58.0 Å². The smallest absolute Gasteiger partial charge is 0.153 e. The normalized spacial score (nSPS) is 20.5. The molecule has 0 saturated heterocycles. The highest BCUT2D eigenvalue weighted by atomic mass is 15.3. The lowest BCUT2D eigenvalue weighted by Gasteiger charge is -2.32. The van der Waals surface area contributed by atoms with Gasteiger partial charge < -0.3 is 10.3 Å². The van der Waals surface area contributed by atoms with Gasteiger partial charge in [0.2, 0.25) is 0 Å². The van der Waals surface area contributed by atoms with E-state index in [1.165, 1.54) is 19.3 Å². The van der Waals surface area contributed by atoms with E-state index in [2.05, 4.69) is 21.7 Å². The van der Waals surface area contributed by atoms with Gasteiger partial charge in [-0.15, -0.1) is 10.2 Å². The number of nitrogens with zero attached hydrogens (tertiary/aromatic N) is 3. The summed E-state index contributed by atoms with van der Waals surface area (Å²) in [6.07, 6.45) is 5.83. The zero-order valence-electron chi connectivity index (χ0n) is 9.66. The third kappa shape index (κ3) is 1.78. The average molecular weight is 208 g/mol. The fourth-order valence-corrected chi connectivity index (χ4v) is 2.53. The number of hydrogen-bond donors (Lipinski definition) is 1. The minimum absolute atomic E-state index is 0.227. The molecule has 0 unspecified atom stereocenters. The van der Waals surface area contributed by atoms with Gasteiger partial charge in [0.25, 0.3) is 0 Å². The van der Waals surface area contributed by atoms with E-state index in [1.807, 2.05) is 6.92 Å². The monoisotopic (exact) mass is 208 g/mol. The van der Waals surface area contributed by atoms with Crippen LogP contribution in [-0.2, 0) is 12.1 Å². The first-order chi connectivity index (χ1) is 7.17. The molecule has 0 amide bonds. The van der Waals surface area contributed by atoms with Crippen LogP contribution in [0.1, 0.15) is 50.7 Å². The molecule has 1 aliphatic carbocycles. The van der Waals surface area contributed by atoms with Crippen LogP contribution in [-0.4, -0.2) is 14.8 Å². The number of aryl methyl sites for hydroxylation is 1. The third-order valence-electron chi connectivity index (χ3n) is 3.44. The van der Waals surface area contributed by atoms with Crippen molar-refractivity contribution in [1.29, 1.82) is 0 Å². The maximum atomic E-state index is 6.45. The molecule has 0 bridgehead atoms. The van der Waals surface area contributed by atoms with Crippen molar-refractivity contribution in [3.8, 4) is 0 Å². The molecule has 4 heteroatoms. The summed E-state index contributed by atoms with van der Waals surface area (Å²) in [6, 6.07) is 0. The third-order valence-corrected chi connectivity index (χ3v) is 3.44. The van der Waals surface area contributed by atoms with Gasteiger partial charge in [-0.1, -0.05) is 19.3 Å². The number of nitrogens with two attached hydrogens (primary N) is 1. The van der Waals surface area contributed by atoms with Crippen LogP contribution in [0.4, 0.5) is 0 Å². The maximum Gasteiger partial charge on any atom is 0.153 e. The standard InChI is InChI=1S/C11H20N4/c1-3-15-9(2)13-14-10(15)11(12)7-5-4-6-8-11/h3-8,12H2,1-2H3. The molecule has 2 N–H and O–H groups in total. The lowest BCUT2D eigenvalue weighted by molar-refractivity contribution is 0.277. The Labute approximate surface area is 90.9 Å². The Morgan fingerprint density at radius 1 is 1.27 bits per heavy atom. The summed E-state index contributed by atoms with van der Waals surface area (Å²) in [7, 11) is 0. The maximum absolute atomic E-state index is 6.45. The highest BCUT2D eigenvalue weighted by molar-refractivity contribution is 5.09. The van der Waals surface area contributed by atoms with Crippen LogP contribution in [0.15, 0.2) is 0 Å². The zero-order valence-corrected chi connectivity index (χ0v) is 9.66. The highest BCUT2D eigenvalue weighted by Crippen LogP contribution is 2.33. The first-order valence-corrected chi connectivity index (χ1v) is 5.86. The predicted octanol–water partition coefficient (Wildman–Crippen LogP) is 1.72. The van der Waals surface area contributed by atoms with E-state index in [4.69, 9.17) is 5.73 Å². The Bertz CT molecular complexity index is 336. The molecule has 1 saturated carbocycles. The van der Waals surface area contributed by atoms with Crippen LogP contribution >= 0.6 is 0 Å². The largest absolute Gasteiger partial charge is 0.319 e. The molecule has 0 atom stereocenters. The first-order valence-electron chi connectivity index (χ1n) is 5.86. The van der Waals surface area contributed by atoms with E-state index in [9.17, 15) is 0 Å². The van der Waals surface area contributed by atoms with Crippen LogP contribution in [0, 0.1) is 6.92 Å². The fourth-order valence-electron chi connectivity index (χ4n) is 2.53. The molecule has 2 rings (SSSR count). The molecule has 0 radical (unpaired) electrons. The molecular weight excluding hydrogens is 188 g/mol. The van der Waals surface area contributed by atoms with Gasteiger partial charge in [0, 0.05) is 6.54 Å². The topological polar surface area (TPSA) is 56.7 Å². The van der Waals surface area contributed by atoms with Gasteiger partial charge in [-0.25, -0.2) is 0 Å². The summed E-state index contributed by atoms with van der Waals surface area (Å²) in [5.41, 5.74) is 6.22. The minimum atomic E-state index is -0.227. The van der Waals surface area contributed by atoms with Crippen LogP contribution in [0.25, 0.3) is 0 Å². The van der Waals surface area contributed by atoms with Gasteiger partial charge in [0.15, 0.2) is 5.82 Å². The Balaban J connectivity index is 2.34. The fraction of sp³-hybridized carbons (Fsp3) is 0.818. The van der Waals surface area contributed by atoms with Gasteiger partial charge in [-0.3, -0.25) is 0 Å². The molecule has 0 aliphatic heterocycles. The Morgan fingerprint density at radius 3 is 2.53 bits per heavy atom. The molecule has 4 nitrogen and oxygen atoms in total. The molecular formula is C11H20N4. The van der Waals surface area contributed by atoms with Crippen LogP contribution in [0.3, 0.4) is 0 Å². The van der Waals surface area contributed by atoms with Gasteiger partial charge >= 0.3 is 0 Å². The van der Waals surface area contributed by atoms with E-state index in [-0.39, 0.29) is 5.54 Å². The van der Waals surface area contributed by atoms with E-state index in [1.54, 1.807) is 0 Å². The quantitative estimate of drug-likeness (QED) is 0.805. The summed E-state index contributed by atoms with van der Waals surface area (Å²) < 4.78 is 2.14. The van der Waals surface area contributed by atoms with Gasteiger partial charge in [-0.2, -0.15) is 0 Å². The van der Waals surface area contributed by atoms with Crippen molar-refractivity contribution in [3.63, 3.8) is 0 Å². The summed E-state index contributed by atoms with van der Waals surface area (Å²) in [6.45, 7) is 5.02. The minimum Gasteiger partial charge on any atom is -0.319 e. The summed E-state index contributed by atoms with van der Waals surface area (Å²) in [5.74, 6) is 1.96. The van der Waals surface area contributed by atoms with Crippen molar-refractivity contribution in [1.82, 2.24) is 14.8 Å². The zero-order chi connectivity index (χ0) is 10.9. The second-order valence-electron chi connectivity index (χ2n) is 4.53. The lowest BCUT2D eigenvalue weighted by Crippen LogP contribution is -2.41. The Hall–Kier alpha value is -0.900. The van der Waals surface area contributed by atoms with Gasteiger partial charge in [-0.05, 0) is 26.7 Å². The highest BCUT2D eigenvalue weighted by Gasteiger charge is 2.34. The van der Waals surface area contributed by atoms with Crippen molar-refractivity contribution >= 4 is 0 Å². The summed E-state index contributed by atoms with van der Waals surface area (Å²) in [4.78, 5) is 0. The molecule has 15 heavy (non-hydrogen) atoms. The summed E-state index contributed by atoms with van der Waals surface area (Å²) in [5, 5.41) is 8.41. The van der Waals surface area contributed by atoms with Gasteiger partial charge in [0.05, 0.1) is 5.54 Å². The van der Waals surface area contributed by atoms with Crippen molar-refractivity contribution in [3.05, 3.63) is 11.6 Å². The van der Waals surface area contributed by atoms with Crippen LogP contribution < -0.4 is 5.73 Å². The van der Waals surface area contributed by atoms with E-state index < -0.39 is 0 Å². The van der Waals surface area contributed by atoms with Gasteiger partial charge in [0.1, 0.15) is 5.82 Å². The molecule has 0 aromatic carbocycles. The molecule has 1 aromatic heterocycles. The Kier molecular flexibility index (Phi) is 2.78. The second kappa shape index (κ2) is 3.93. The molecule has 1 fully saturated rings. The number of aromatic nitrogens is 3. The van der Waals surface area contributed by atoms with Crippen molar-refractivity contribution in [2.75, 3.05) is 0 Å². The van der Waals surface area contributed by atoms with E-state index in [0.717, 1.165) is 31.0 Å². The van der Waals surface area contributed by atoms with E-state index >= 15 is 0 Å². The molecule has 1 aliphatic rings. The lowest BCUT2D eigenvalue weighted by atomic mass is 9.82. The second-order valence-corrected chi connectivity index (χ2v) is 4.53. The SMILES string of the molecule is CCn1c(C)nnc1C1(N)CCCCC1. The van der Waals surface area contributed by atoms with Crippen LogP contribution in [0.2, 0.25) is 0 Å².